The highest BCUT2D eigenvalue weighted by Crippen LogP contribution is 2.23. The van der Waals surface area contributed by atoms with Gasteiger partial charge in [-0.3, -0.25) is 9.69 Å². The highest BCUT2D eigenvalue weighted by atomic mass is 79.9. The van der Waals surface area contributed by atoms with Crippen molar-refractivity contribution in [2.24, 2.45) is 0 Å². The number of benzene rings is 1. The fourth-order valence-corrected chi connectivity index (χ4v) is 1.93. The third kappa shape index (κ3) is 5.06. The minimum atomic E-state index is -0.815. The van der Waals surface area contributed by atoms with E-state index >= 15 is 0 Å². The van der Waals surface area contributed by atoms with E-state index in [2.05, 4.69) is 15.9 Å². The van der Waals surface area contributed by atoms with Crippen molar-refractivity contribution in [2.45, 2.75) is 19.9 Å². The molecule has 0 heterocycles. The fourth-order valence-electron chi connectivity index (χ4n) is 1.53. The number of carboxylic acids is 1. The van der Waals surface area contributed by atoms with E-state index in [-0.39, 0.29) is 12.6 Å². The van der Waals surface area contributed by atoms with E-state index < -0.39 is 5.97 Å². The van der Waals surface area contributed by atoms with E-state index in [4.69, 9.17) is 9.84 Å². The van der Waals surface area contributed by atoms with Crippen LogP contribution < -0.4 is 4.74 Å². The van der Waals surface area contributed by atoms with E-state index in [1.165, 1.54) is 0 Å². The molecule has 0 aromatic heterocycles. The number of carbonyl (C=O) groups is 1. The van der Waals surface area contributed by atoms with Gasteiger partial charge in [0, 0.05) is 12.6 Å². The summed E-state index contributed by atoms with van der Waals surface area (Å²) in [4.78, 5) is 12.6. The fraction of sp³-hybridized carbons (Fsp3) is 0.462. The van der Waals surface area contributed by atoms with Gasteiger partial charge in [0.25, 0.3) is 0 Å². The van der Waals surface area contributed by atoms with Crippen LogP contribution >= 0.6 is 15.9 Å². The molecule has 0 saturated carbocycles. The van der Waals surface area contributed by atoms with E-state index in [9.17, 15) is 4.79 Å². The number of hydrogen-bond acceptors (Lipinski definition) is 3. The van der Waals surface area contributed by atoms with Crippen LogP contribution in [0.3, 0.4) is 0 Å². The van der Waals surface area contributed by atoms with Gasteiger partial charge in [-0.2, -0.15) is 0 Å². The smallest absolute Gasteiger partial charge is 0.317 e. The molecular formula is C13H18BrNO3. The van der Waals surface area contributed by atoms with Crippen molar-refractivity contribution < 1.29 is 14.6 Å². The maximum atomic E-state index is 10.7. The van der Waals surface area contributed by atoms with E-state index in [0.29, 0.717) is 13.2 Å². The second-order valence-corrected chi connectivity index (χ2v) is 5.09. The van der Waals surface area contributed by atoms with Crippen LogP contribution in [0.25, 0.3) is 0 Å². The first-order valence-corrected chi connectivity index (χ1v) is 6.63. The Balaban J connectivity index is 2.44. The molecule has 5 heteroatoms. The molecule has 0 aliphatic carbocycles. The van der Waals surface area contributed by atoms with Crippen molar-refractivity contribution in [3.8, 4) is 5.75 Å². The molecule has 0 radical (unpaired) electrons. The second kappa shape index (κ2) is 7.38. The summed E-state index contributed by atoms with van der Waals surface area (Å²) in [5, 5.41) is 8.80. The zero-order valence-electron chi connectivity index (χ0n) is 10.6. The van der Waals surface area contributed by atoms with Gasteiger partial charge in [0.15, 0.2) is 0 Å². The van der Waals surface area contributed by atoms with Crippen LogP contribution in [-0.2, 0) is 4.79 Å². The number of aliphatic carboxylic acids is 1. The van der Waals surface area contributed by atoms with Crippen LogP contribution in [0.1, 0.15) is 13.8 Å². The lowest BCUT2D eigenvalue weighted by Gasteiger charge is -2.24. The Morgan fingerprint density at radius 2 is 2.11 bits per heavy atom. The third-order valence-corrected chi connectivity index (χ3v) is 3.20. The van der Waals surface area contributed by atoms with Crippen LogP contribution in [-0.4, -0.2) is 41.7 Å². The van der Waals surface area contributed by atoms with Gasteiger partial charge in [-0.15, -0.1) is 0 Å². The standard InChI is InChI=1S/C13H18BrNO3/c1-10(2)15(9-13(16)17)7-8-18-12-6-4-3-5-11(12)14/h3-6,10H,7-9H2,1-2H3,(H,16,17). The van der Waals surface area contributed by atoms with Crippen molar-refractivity contribution in [2.75, 3.05) is 19.7 Å². The third-order valence-electron chi connectivity index (χ3n) is 2.54. The Bertz CT molecular complexity index is 396. The first-order valence-electron chi connectivity index (χ1n) is 5.84. The highest BCUT2D eigenvalue weighted by molar-refractivity contribution is 9.10. The summed E-state index contributed by atoms with van der Waals surface area (Å²) in [6, 6.07) is 7.79. The summed E-state index contributed by atoms with van der Waals surface area (Å²) in [6.45, 7) is 5.04. The minimum Gasteiger partial charge on any atom is -0.491 e. The molecule has 0 aliphatic rings. The Kier molecular flexibility index (Phi) is 6.15. The van der Waals surface area contributed by atoms with Crippen molar-refractivity contribution >= 4 is 21.9 Å². The average Bonchev–Trinajstić information content (AvgIpc) is 2.29. The summed E-state index contributed by atoms with van der Waals surface area (Å²) in [7, 11) is 0. The number of ether oxygens (including phenoxy) is 1. The SMILES string of the molecule is CC(C)N(CCOc1ccccc1Br)CC(=O)O. The molecule has 1 rings (SSSR count). The highest BCUT2D eigenvalue weighted by Gasteiger charge is 2.13. The van der Waals surface area contributed by atoms with Crippen LogP contribution in [0.4, 0.5) is 0 Å². The van der Waals surface area contributed by atoms with E-state index in [1.807, 2.05) is 43.0 Å². The molecule has 0 bridgehead atoms. The summed E-state index contributed by atoms with van der Waals surface area (Å²) in [5.41, 5.74) is 0. The maximum Gasteiger partial charge on any atom is 0.317 e. The Morgan fingerprint density at radius 3 is 2.67 bits per heavy atom. The topological polar surface area (TPSA) is 49.8 Å². The van der Waals surface area contributed by atoms with Crippen LogP contribution in [0, 0.1) is 0 Å². The molecule has 0 unspecified atom stereocenters. The molecule has 0 spiro atoms. The first kappa shape index (κ1) is 15.0. The van der Waals surface area contributed by atoms with Crippen molar-refractivity contribution in [3.63, 3.8) is 0 Å². The molecule has 1 aromatic carbocycles. The largest absolute Gasteiger partial charge is 0.491 e. The van der Waals surface area contributed by atoms with Gasteiger partial charge in [0.2, 0.25) is 0 Å². The summed E-state index contributed by atoms with van der Waals surface area (Å²) < 4.78 is 6.52. The minimum absolute atomic E-state index is 0.0387. The number of hydrogen-bond donors (Lipinski definition) is 1. The van der Waals surface area contributed by atoms with Crippen LogP contribution in [0.5, 0.6) is 5.75 Å². The Labute approximate surface area is 116 Å². The molecule has 100 valence electrons. The average molecular weight is 316 g/mol. The molecule has 4 nitrogen and oxygen atoms in total. The molecule has 0 amide bonds. The molecule has 0 aliphatic heterocycles. The van der Waals surface area contributed by atoms with Crippen LogP contribution in [0.15, 0.2) is 28.7 Å². The van der Waals surface area contributed by atoms with Crippen molar-refractivity contribution in [1.82, 2.24) is 4.90 Å². The quantitative estimate of drug-likeness (QED) is 0.840. The molecule has 18 heavy (non-hydrogen) atoms. The summed E-state index contributed by atoms with van der Waals surface area (Å²) in [5.74, 6) is -0.0406. The number of para-hydroxylation sites is 1. The van der Waals surface area contributed by atoms with Gasteiger partial charge in [0.1, 0.15) is 12.4 Å². The number of rotatable bonds is 7. The summed E-state index contributed by atoms with van der Waals surface area (Å²) in [6.07, 6.45) is 0. The zero-order valence-corrected chi connectivity index (χ0v) is 12.2. The zero-order chi connectivity index (χ0) is 13.5. The Hall–Kier alpha value is -1.07. The molecule has 0 atom stereocenters. The molecule has 1 aromatic rings. The van der Waals surface area contributed by atoms with Gasteiger partial charge in [0.05, 0.1) is 11.0 Å². The lowest BCUT2D eigenvalue weighted by atomic mass is 10.3. The predicted molar refractivity (Wildman–Crippen MR) is 74.0 cm³/mol. The number of carboxylic acid groups (broad SMARTS) is 1. The summed E-state index contributed by atoms with van der Waals surface area (Å²) >= 11 is 3.40. The van der Waals surface area contributed by atoms with Gasteiger partial charge >= 0.3 is 5.97 Å². The van der Waals surface area contributed by atoms with E-state index in [0.717, 1.165) is 10.2 Å². The first-order chi connectivity index (χ1) is 8.50. The normalized spacial score (nSPS) is 10.9. The predicted octanol–water partition coefficient (Wildman–Crippen LogP) is 2.62. The monoisotopic (exact) mass is 315 g/mol. The maximum absolute atomic E-state index is 10.7. The van der Waals surface area contributed by atoms with Gasteiger partial charge in [-0.05, 0) is 41.9 Å². The lowest BCUT2D eigenvalue weighted by molar-refractivity contribution is -0.138. The number of halogens is 1. The van der Waals surface area contributed by atoms with Crippen molar-refractivity contribution in [3.05, 3.63) is 28.7 Å². The van der Waals surface area contributed by atoms with Crippen molar-refractivity contribution in [1.29, 1.82) is 0 Å². The van der Waals surface area contributed by atoms with Gasteiger partial charge < -0.3 is 9.84 Å². The molecule has 0 fully saturated rings. The molecule has 1 N–H and O–H groups in total. The van der Waals surface area contributed by atoms with Crippen LogP contribution in [0.2, 0.25) is 0 Å². The van der Waals surface area contributed by atoms with Gasteiger partial charge in [-0.1, -0.05) is 12.1 Å². The Morgan fingerprint density at radius 1 is 1.44 bits per heavy atom. The second-order valence-electron chi connectivity index (χ2n) is 4.24. The van der Waals surface area contributed by atoms with Gasteiger partial charge in [-0.25, -0.2) is 0 Å². The lowest BCUT2D eigenvalue weighted by Crippen LogP contribution is -2.38. The van der Waals surface area contributed by atoms with E-state index in [1.54, 1.807) is 0 Å². The molecule has 0 saturated heterocycles. The number of nitrogens with zero attached hydrogens (tertiary/aromatic N) is 1. The molecular weight excluding hydrogens is 298 g/mol.